The van der Waals surface area contributed by atoms with Crippen molar-refractivity contribution >= 4 is 10.0 Å². The first-order valence-electron chi connectivity index (χ1n) is 5.72. The van der Waals surface area contributed by atoms with E-state index in [9.17, 15) is 8.42 Å². The fraction of sp³-hybridized carbons (Fsp3) is 0.636. The second-order valence-electron chi connectivity index (χ2n) is 5.27. The molecule has 1 aliphatic rings. The lowest BCUT2D eigenvalue weighted by atomic mass is 9.81. The Kier molecular flexibility index (Phi) is 3.05. The van der Waals surface area contributed by atoms with Gasteiger partial charge in [-0.05, 0) is 17.9 Å². The summed E-state index contributed by atoms with van der Waals surface area (Å²) in [4.78, 5) is 3.10. The molecular weight excluding hydrogens is 238 g/mol. The summed E-state index contributed by atoms with van der Waals surface area (Å²) in [6.45, 7) is 4.99. The molecule has 0 bridgehead atoms. The topological polar surface area (TPSA) is 79.2 Å². The number of hydrogen-bond donors (Lipinski definition) is 2. The van der Waals surface area contributed by atoms with Crippen molar-refractivity contribution in [1.29, 1.82) is 0 Å². The summed E-state index contributed by atoms with van der Waals surface area (Å²) in [5, 5.41) is 0. The predicted octanol–water partition coefficient (Wildman–Crippen LogP) is 0.763. The summed E-state index contributed by atoms with van der Waals surface area (Å²) in [6.07, 6.45) is 3.83. The highest BCUT2D eigenvalue weighted by molar-refractivity contribution is 7.89. The fourth-order valence-corrected chi connectivity index (χ4v) is 3.75. The first-order chi connectivity index (χ1) is 7.84. The Labute approximate surface area is 102 Å². The van der Waals surface area contributed by atoms with Crippen LogP contribution in [0.25, 0.3) is 0 Å². The minimum absolute atomic E-state index is 0.0557. The van der Waals surface area contributed by atoms with E-state index in [-0.39, 0.29) is 11.5 Å². The molecule has 2 rings (SSSR count). The molecule has 6 heteroatoms. The van der Waals surface area contributed by atoms with Crippen molar-refractivity contribution in [3.05, 3.63) is 18.5 Å². The van der Waals surface area contributed by atoms with Gasteiger partial charge >= 0.3 is 0 Å². The summed E-state index contributed by atoms with van der Waals surface area (Å²) >= 11 is 0. The lowest BCUT2D eigenvalue weighted by molar-refractivity contribution is 0.155. The summed E-state index contributed by atoms with van der Waals surface area (Å²) in [5.41, 5.74) is 5.83. The van der Waals surface area contributed by atoms with Crippen molar-refractivity contribution in [2.75, 3.05) is 13.1 Å². The number of nitrogens with two attached hydrogens (primary N) is 1. The van der Waals surface area contributed by atoms with Crippen LogP contribution in [0.2, 0.25) is 0 Å². The summed E-state index contributed by atoms with van der Waals surface area (Å²) in [6, 6.07) is 1.64. The molecule has 0 amide bonds. The van der Waals surface area contributed by atoms with Crippen molar-refractivity contribution in [2.24, 2.45) is 11.1 Å². The Morgan fingerprint density at radius 3 is 2.76 bits per heavy atom. The Morgan fingerprint density at radius 1 is 1.53 bits per heavy atom. The zero-order valence-electron chi connectivity index (χ0n) is 10.2. The number of nitrogens with zero attached hydrogens (tertiary/aromatic N) is 1. The van der Waals surface area contributed by atoms with Gasteiger partial charge in [-0.25, -0.2) is 8.42 Å². The maximum Gasteiger partial charge on any atom is 0.244 e. The smallest absolute Gasteiger partial charge is 0.244 e. The highest BCUT2D eigenvalue weighted by Crippen LogP contribution is 2.30. The maximum atomic E-state index is 12.3. The van der Waals surface area contributed by atoms with Gasteiger partial charge < -0.3 is 10.7 Å². The lowest BCUT2D eigenvalue weighted by Crippen LogP contribution is -2.53. The van der Waals surface area contributed by atoms with Crippen molar-refractivity contribution in [3.63, 3.8) is 0 Å². The quantitative estimate of drug-likeness (QED) is 0.821. The standard InChI is InChI=1S/C11H19N3O2S/c1-11(2)8-14(6-4-10(11)12)17(15,16)9-3-5-13-7-9/h3,5,7,10,13H,4,6,8,12H2,1-2H3. The number of nitrogens with one attached hydrogen (secondary N) is 1. The highest BCUT2D eigenvalue weighted by Gasteiger charge is 2.38. The minimum Gasteiger partial charge on any atom is -0.366 e. The third-order valence-corrected chi connectivity index (χ3v) is 5.33. The monoisotopic (exact) mass is 257 g/mol. The van der Waals surface area contributed by atoms with Gasteiger partial charge in [0.05, 0.1) is 4.90 Å². The lowest BCUT2D eigenvalue weighted by Gasteiger charge is -2.41. The normalized spacial score (nSPS) is 25.9. The molecule has 0 radical (unpaired) electrons. The minimum atomic E-state index is -3.37. The Morgan fingerprint density at radius 2 is 2.24 bits per heavy atom. The van der Waals surface area contributed by atoms with Crippen molar-refractivity contribution in [1.82, 2.24) is 9.29 Å². The number of piperidine rings is 1. The maximum absolute atomic E-state index is 12.3. The first-order valence-corrected chi connectivity index (χ1v) is 7.16. The Hall–Kier alpha value is -0.850. The SMILES string of the molecule is CC1(C)CN(S(=O)(=O)c2cc[nH]c2)CCC1N. The molecule has 0 saturated carbocycles. The molecule has 1 aromatic heterocycles. The molecule has 1 aromatic rings. The fourth-order valence-electron chi connectivity index (χ4n) is 2.15. The largest absolute Gasteiger partial charge is 0.366 e. The van der Waals surface area contributed by atoms with Crippen LogP contribution in [0.5, 0.6) is 0 Å². The van der Waals surface area contributed by atoms with Crippen LogP contribution >= 0.6 is 0 Å². The van der Waals surface area contributed by atoms with Gasteiger partial charge in [-0.15, -0.1) is 0 Å². The van der Waals surface area contributed by atoms with Gasteiger partial charge in [0.1, 0.15) is 0 Å². The number of aromatic nitrogens is 1. The molecule has 2 heterocycles. The van der Waals surface area contributed by atoms with Crippen LogP contribution in [-0.2, 0) is 10.0 Å². The van der Waals surface area contributed by atoms with E-state index in [0.29, 0.717) is 24.4 Å². The molecule has 96 valence electrons. The molecule has 17 heavy (non-hydrogen) atoms. The average molecular weight is 257 g/mol. The number of aromatic amines is 1. The Balaban J connectivity index is 2.25. The summed E-state index contributed by atoms with van der Waals surface area (Å²) < 4.78 is 26.1. The van der Waals surface area contributed by atoms with Gasteiger partial charge in [-0.3, -0.25) is 0 Å². The van der Waals surface area contributed by atoms with E-state index in [1.54, 1.807) is 12.3 Å². The van der Waals surface area contributed by atoms with Crippen molar-refractivity contribution < 1.29 is 8.42 Å². The average Bonchev–Trinajstić information content (AvgIpc) is 2.75. The van der Waals surface area contributed by atoms with E-state index in [1.807, 2.05) is 13.8 Å². The van der Waals surface area contributed by atoms with Gasteiger partial charge in [-0.1, -0.05) is 13.8 Å². The number of sulfonamides is 1. The molecule has 3 N–H and O–H groups in total. The number of rotatable bonds is 2. The molecule has 1 fully saturated rings. The van der Waals surface area contributed by atoms with Crippen LogP contribution in [0.3, 0.4) is 0 Å². The second kappa shape index (κ2) is 4.12. The molecule has 1 unspecified atom stereocenters. The van der Waals surface area contributed by atoms with Crippen molar-refractivity contribution in [2.45, 2.75) is 31.2 Å². The third kappa shape index (κ3) is 2.25. The van der Waals surface area contributed by atoms with E-state index in [4.69, 9.17) is 5.73 Å². The van der Waals surface area contributed by atoms with Gasteiger partial charge in [0.2, 0.25) is 10.0 Å². The van der Waals surface area contributed by atoms with Gasteiger partial charge in [0.15, 0.2) is 0 Å². The van der Waals surface area contributed by atoms with Crippen LogP contribution in [0.15, 0.2) is 23.4 Å². The number of hydrogen-bond acceptors (Lipinski definition) is 3. The van der Waals surface area contributed by atoms with Crippen LogP contribution in [0.1, 0.15) is 20.3 Å². The van der Waals surface area contributed by atoms with E-state index in [1.165, 1.54) is 10.5 Å². The molecule has 0 spiro atoms. The summed E-state index contributed by atoms with van der Waals surface area (Å²) in [5.74, 6) is 0. The van der Waals surface area contributed by atoms with E-state index in [2.05, 4.69) is 4.98 Å². The molecule has 1 atom stereocenters. The first kappa shape index (κ1) is 12.6. The molecule has 5 nitrogen and oxygen atoms in total. The molecule has 0 aliphatic carbocycles. The van der Waals surface area contributed by atoms with Crippen LogP contribution in [0, 0.1) is 5.41 Å². The molecular formula is C11H19N3O2S. The van der Waals surface area contributed by atoms with E-state index >= 15 is 0 Å². The molecule has 1 aliphatic heterocycles. The van der Waals surface area contributed by atoms with Crippen LogP contribution < -0.4 is 5.73 Å². The summed E-state index contributed by atoms with van der Waals surface area (Å²) in [7, 11) is -3.37. The van der Waals surface area contributed by atoms with Gasteiger partial charge in [0, 0.05) is 31.5 Å². The van der Waals surface area contributed by atoms with E-state index < -0.39 is 10.0 Å². The molecule has 0 aromatic carbocycles. The van der Waals surface area contributed by atoms with Crippen LogP contribution in [0.4, 0.5) is 0 Å². The molecule has 1 saturated heterocycles. The highest BCUT2D eigenvalue weighted by atomic mass is 32.2. The third-order valence-electron chi connectivity index (χ3n) is 3.48. The van der Waals surface area contributed by atoms with Crippen molar-refractivity contribution in [3.8, 4) is 0 Å². The van der Waals surface area contributed by atoms with Gasteiger partial charge in [0.25, 0.3) is 0 Å². The Bertz CT molecular complexity index is 479. The zero-order chi connectivity index (χ0) is 12.7. The van der Waals surface area contributed by atoms with E-state index in [0.717, 1.165) is 0 Å². The van der Waals surface area contributed by atoms with Crippen LogP contribution in [-0.4, -0.2) is 36.8 Å². The number of H-pyrrole nitrogens is 1. The van der Waals surface area contributed by atoms with Gasteiger partial charge in [-0.2, -0.15) is 4.31 Å². The predicted molar refractivity (Wildman–Crippen MR) is 65.9 cm³/mol. The zero-order valence-corrected chi connectivity index (χ0v) is 11.0. The second-order valence-corrected chi connectivity index (χ2v) is 7.21.